The number of nitrogens with zero attached hydrogens (tertiary/aromatic N) is 1. The zero-order valence-corrected chi connectivity index (χ0v) is 31.7. The van der Waals surface area contributed by atoms with Gasteiger partial charge in [-0.3, -0.25) is 0 Å². The first-order valence-corrected chi connectivity index (χ1v) is 19.5. The van der Waals surface area contributed by atoms with E-state index in [0.29, 0.717) is 0 Å². The molecule has 1 nitrogen and oxygen atoms in total. The van der Waals surface area contributed by atoms with E-state index in [1.54, 1.807) is 0 Å². The van der Waals surface area contributed by atoms with Crippen LogP contribution in [-0.4, -0.2) is 0 Å². The lowest BCUT2D eigenvalue weighted by Gasteiger charge is -2.30. The summed E-state index contributed by atoms with van der Waals surface area (Å²) in [6, 6.07) is 77.7. The fourth-order valence-electron chi connectivity index (χ4n) is 8.90. The lowest BCUT2D eigenvalue weighted by Crippen LogP contribution is -2.14. The Bertz CT molecular complexity index is 2870. The number of anilines is 3. The summed E-state index contributed by atoms with van der Waals surface area (Å²) in [6.45, 7) is 4.73. The summed E-state index contributed by atoms with van der Waals surface area (Å²) in [5.41, 5.74) is 18.3. The first-order valence-electron chi connectivity index (χ1n) is 19.5. The van der Waals surface area contributed by atoms with Crippen LogP contribution in [0.2, 0.25) is 0 Å². The Morgan fingerprint density at radius 1 is 0.321 bits per heavy atom. The van der Waals surface area contributed by atoms with Gasteiger partial charge in [0.2, 0.25) is 0 Å². The predicted molar refractivity (Wildman–Crippen MR) is 238 cm³/mol. The molecule has 0 spiro atoms. The number of fused-ring (bicyclic) bond motifs is 4. The molecule has 10 rings (SSSR count). The van der Waals surface area contributed by atoms with Crippen molar-refractivity contribution in [3.63, 3.8) is 0 Å². The number of hydrogen-bond donors (Lipinski definition) is 0. The number of rotatable bonds is 7. The molecule has 0 heterocycles. The van der Waals surface area contributed by atoms with Gasteiger partial charge >= 0.3 is 0 Å². The van der Waals surface area contributed by atoms with Gasteiger partial charge in [-0.2, -0.15) is 0 Å². The monoisotopic (exact) mass is 715 g/mol. The van der Waals surface area contributed by atoms with E-state index in [2.05, 4.69) is 231 Å². The van der Waals surface area contributed by atoms with Crippen LogP contribution in [0, 0.1) is 0 Å². The molecule has 266 valence electrons. The molecule has 0 atom stereocenters. The van der Waals surface area contributed by atoms with Gasteiger partial charge in [0.15, 0.2) is 0 Å². The van der Waals surface area contributed by atoms with Crippen LogP contribution in [0.5, 0.6) is 0 Å². The van der Waals surface area contributed by atoms with E-state index in [1.165, 1.54) is 77.5 Å². The Morgan fingerprint density at radius 2 is 0.839 bits per heavy atom. The average Bonchev–Trinajstić information content (AvgIpc) is 3.50. The average molecular weight is 716 g/mol. The third-order valence-corrected chi connectivity index (χ3v) is 11.6. The normalized spacial score (nSPS) is 12.6. The molecule has 1 heteroatoms. The molecular weight excluding hydrogens is 675 g/mol. The van der Waals surface area contributed by atoms with Gasteiger partial charge in [0.25, 0.3) is 0 Å². The Morgan fingerprint density at radius 3 is 1.59 bits per heavy atom. The number of benzene rings is 9. The molecule has 0 amide bonds. The third-order valence-electron chi connectivity index (χ3n) is 11.6. The van der Waals surface area contributed by atoms with Gasteiger partial charge in [-0.25, -0.2) is 0 Å². The summed E-state index contributed by atoms with van der Waals surface area (Å²) >= 11 is 0. The molecule has 0 saturated carbocycles. The first-order chi connectivity index (χ1) is 27.5. The van der Waals surface area contributed by atoms with Crippen molar-refractivity contribution in [3.05, 3.63) is 223 Å². The summed E-state index contributed by atoms with van der Waals surface area (Å²) < 4.78 is 0. The van der Waals surface area contributed by atoms with Gasteiger partial charge in [-0.05, 0) is 114 Å². The van der Waals surface area contributed by atoms with Gasteiger partial charge < -0.3 is 4.90 Å². The second-order valence-electron chi connectivity index (χ2n) is 15.3. The van der Waals surface area contributed by atoms with E-state index < -0.39 is 0 Å². The van der Waals surface area contributed by atoms with E-state index in [1.807, 2.05) is 0 Å². The van der Waals surface area contributed by atoms with E-state index in [0.717, 1.165) is 17.1 Å². The molecule has 0 aliphatic heterocycles. The molecule has 0 saturated heterocycles. The second-order valence-corrected chi connectivity index (χ2v) is 15.3. The van der Waals surface area contributed by atoms with Crippen LogP contribution < -0.4 is 4.90 Å². The summed E-state index contributed by atoms with van der Waals surface area (Å²) in [6.07, 6.45) is 0. The molecule has 9 aromatic rings. The SMILES string of the molecule is CC1(C)c2ccccc2-c2c(-c3cccc(N(c4ccccc4)c4ccc5cc(-c6ccccc6)ccc5c4)c3-c3cccc(-c4ccccc4)c3)cccc21. The molecule has 0 N–H and O–H groups in total. The Labute approximate surface area is 329 Å². The van der Waals surface area contributed by atoms with E-state index in [-0.39, 0.29) is 5.41 Å². The standard InChI is InChI=1S/C55H41N/c1-55(2)50-28-13-12-25-49(50)54-48(26-15-29-51(54)55)47-27-16-30-52(53(47)44-22-14-21-40(36-44)38-17-6-3-7-18-38)56(45-23-10-5-11-24-45)46-34-33-42-35-41(31-32-43(42)37-46)39-19-8-4-9-20-39/h3-37H,1-2H3. The highest BCUT2D eigenvalue weighted by Gasteiger charge is 2.37. The van der Waals surface area contributed by atoms with E-state index >= 15 is 0 Å². The maximum atomic E-state index is 2.44. The minimum atomic E-state index is -0.103. The molecule has 1 aliphatic carbocycles. The van der Waals surface area contributed by atoms with Crippen molar-refractivity contribution in [2.24, 2.45) is 0 Å². The topological polar surface area (TPSA) is 3.24 Å². The molecule has 9 aromatic carbocycles. The largest absolute Gasteiger partial charge is 0.310 e. The molecule has 56 heavy (non-hydrogen) atoms. The molecule has 0 aromatic heterocycles. The fourth-order valence-corrected chi connectivity index (χ4v) is 8.90. The Balaban J connectivity index is 1.23. The van der Waals surface area contributed by atoms with Crippen LogP contribution in [0.25, 0.3) is 66.4 Å². The third kappa shape index (κ3) is 5.72. The van der Waals surface area contributed by atoms with E-state index in [4.69, 9.17) is 0 Å². The van der Waals surface area contributed by atoms with Gasteiger partial charge in [0.1, 0.15) is 0 Å². The van der Waals surface area contributed by atoms with Crippen molar-refractivity contribution < 1.29 is 0 Å². The highest BCUT2D eigenvalue weighted by Crippen LogP contribution is 2.54. The molecule has 0 bridgehead atoms. The first kappa shape index (κ1) is 33.6. The molecule has 0 radical (unpaired) electrons. The van der Waals surface area contributed by atoms with Crippen LogP contribution in [0.3, 0.4) is 0 Å². The smallest absolute Gasteiger partial charge is 0.0546 e. The minimum absolute atomic E-state index is 0.103. The number of para-hydroxylation sites is 1. The Hall–Kier alpha value is -6.96. The van der Waals surface area contributed by atoms with Gasteiger partial charge in [-0.15, -0.1) is 0 Å². The van der Waals surface area contributed by atoms with Gasteiger partial charge in [-0.1, -0.05) is 184 Å². The van der Waals surface area contributed by atoms with Crippen LogP contribution >= 0.6 is 0 Å². The minimum Gasteiger partial charge on any atom is -0.310 e. The molecule has 0 fully saturated rings. The van der Waals surface area contributed by atoms with Crippen molar-refractivity contribution in [2.75, 3.05) is 4.90 Å². The summed E-state index contributed by atoms with van der Waals surface area (Å²) in [7, 11) is 0. The highest BCUT2D eigenvalue weighted by molar-refractivity contribution is 6.03. The quantitative estimate of drug-likeness (QED) is 0.159. The van der Waals surface area contributed by atoms with Crippen molar-refractivity contribution in [3.8, 4) is 55.6 Å². The van der Waals surface area contributed by atoms with E-state index in [9.17, 15) is 0 Å². The van der Waals surface area contributed by atoms with Crippen molar-refractivity contribution in [2.45, 2.75) is 19.3 Å². The molecular formula is C55H41N. The van der Waals surface area contributed by atoms with Crippen LogP contribution in [-0.2, 0) is 5.41 Å². The van der Waals surface area contributed by atoms with Crippen LogP contribution in [0.15, 0.2) is 212 Å². The fraction of sp³-hybridized carbons (Fsp3) is 0.0545. The summed E-state index contributed by atoms with van der Waals surface area (Å²) in [4.78, 5) is 2.44. The summed E-state index contributed by atoms with van der Waals surface area (Å²) in [5, 5.41) is 2.42. The predicted octanol–water partition coefficient (Wildman–Crippen LogP) is 15.3. The number of hydrogen-bond acceptors (Lipinski definition) is 1. The maximum absolute atomic E-state index is 2.44. The van der Waals surface area contributed by atoms with Crippen molar-refractivity contribution >= 4 is 27.8 Å². The van der Waals surface area contributed by atoms with Crippen LogP contribution in [0.1, 0.15) is 25.0 Å². The lowest BCUT2D eigenvalue weighted by molar-refractivity contribution is 0.660. The Kier molecular flexibility index (Phi) is 8.23. The van der Waals surface area contributed by atoms with Crippen LogP contribution in [0.4, 0.5) is 17.1 Å². The highest BCUT2D eigenvalue weighted by atomic mass is 15.1. The maximum Gasteiger partial charge on any atom is 0.0546 e. The second kappa shape index (κ2) is 13.7. The molecule has 1 aliphatic rings. The zero-order valence-electron chi connectivity index (χ0n) is 31.7. The lowest BCUT2D eigenvalue weighted by atomic mass is 9.81. The van der Waals surface area contributed by atoms with Crippen molar-refractivity contribution in [1.82, 2.24) is 0 Å². The van der Waals surface area contributed by atoms with Gasteiger partial charge in [0.05, 0.1) is 5.69 Å². The zero-order chi connectivity index (χ0) is 37.6. The van der Waals surface area contributed by atoms with Crippen molar-refractivity contribution in [1.29, 1.82) is 0 Å². The molecule has 0 unspecified atom stereocenters. The summed E-state index contributed by atoms with van der Waals surface area (Å²) in [5.74, 6) is 0. The van der Waals surface area contributed by atoms with Gasteiger partial charge in [0, 0.05) is 22.4 Å².